The van der Waals surface area contributed by atoms with Gasteiger partial charge in [0.05, 0.1) is 25.8 Å². The Kier molecular flexibility index (Phi) is 5.52. The van der Waals surface area contributed by atoms with E-state index in [1.165, 1.54) is 0 Å². The highest BCUT2D eigenvalue weighted by molar-refractivity contribution is 7.14. The molecule has 0 radical (unpaired) electrons. The van der Waals surface area contributed by atoms with Gasteiger partial charge >= 0.3 is 0 Å². The summed E-state index contributed by atoms with van der Waals surface area (Å²) >= 11 is 1.57. The Bertz CT molecular complexity index is 564. The smallest absolute Gasteiger partial charge is 0.155 e. The van der Waals surface area contributed by atoms with E-state index < -0.39 is 0 Å². The van der Waals surface area contributed by atoms with Crippen LogP contribution in [0.1, 0.15) is 31.3 Å². The van der Waals surface area contributed by atoms with E-state index in [1.807, 2.05) is 18.2 Å². The van der Waals surface area contributed by atoms with Crippen molar-refractivity contribution < 1.29 is 9.47 Å². The summed E-state index contributed by atoms with van der Waals surface area (Å²) in [6, 6.07) is 5.94. The van der Waals surface area contributed by atoms with Crippen molar-refractivity contribution in [2.75, 3.05) is 20.8 Å². The summed E-state index contributed by atoms with van der Waals surface area (Å²) in [5.74, 6) is 1.49. The molecule has 1 heterocycles. The number of ether oxygens (including phenoxy) is 2. The maximum atomic E-state index is 5.43. The minimum atomic E-state index is 0.238. The summed E-state index contributed by atoms with van der Waals surface area (Å²) in [6.45, 7) is 5.14. The van der Waals surface area contributed by atoms with Crippen LogP contribution in [-0.4, -0.2) is 31.0 Å². The summed E-state index contributed by atoms with van der Waals surface area (Å²) in [5, 5.41) is 13.9. The molecule has 0 fully saturated rings. The predicted octanol–water partition coefficient (Wildman–Crippen LogP) is 3.28. The zero-order valence-electron chi connectivity index (χ0n) is 12.8. The fraction of sp³-hybridized carbons (Fsp3) is 0.467. The van der Waals surface area contributed by atoms with Crippen molar-refractivity contribution in [1.29, 1.82) is 0 Å². The molecule has 6 heteroatoms. The van der Waals surface area contributed by atoms with E-state index in [1.54, 1.807) is 25.6 Å². The number of methoxy groups -OCH3 is 2. The molecule has 1 atom stereocenters. The molecule has 5 nitrogen and oxygen atoms in total. The molecule has 0 saturated heterocycles. The lowest BCUT2D eigenvalue weighted by atomic mass is 10.2. The summed E-state index contributed by atoms with van der Waals surface area (Å²) < 4.78 is 10.9. The van der Waals surface area contributed by atoms with Gasteiger partial charge in [0.1, 0.15) is 16.5 Å². The van der Waals surface area contributed by atoms with E-state index in [2.05, 4.69) is 29.4 Å². The summed E-state index contributed by atoms with van der Waals surface area (Å²) in [7, 11) is 3.29. The molecule has 0 aliphatic heterocycles. The van der Waals surface area contributed by atoms with Crippen molar-refractivity contribution in [2.45, 2.75) is 26.3 Å². The van der Waals surface area contributed by atoms with E-state index in [4.69, 9.17) is 9.47 Å². The fourth-order valence-corrected chi connectivity index (χ4v) is 3.25. The zero-order valence-corrected chi connectivity index (χ0v) is 13.7. The van der Waals surface area contributed by atoms with Crippen molar-refractivity contribution in [3.8, 4) is 22.1 Å². The first-order chi connectivity index (χ1) is 10.2. The Morgan fingerprint density at radius 1 is 1.14 bits per heavy atom. The van der Waals surface area contributed by atoms with Gasteiger partial charge in [0, 0.05) is 0 Å². The molecule has 0 bridgehead atoms. The Labute approximate surface area is 129 Å². The minimum absolute atomic E-state index is 0.238. The fourth-order valence-electron chi connectivity index (χ4n) is 2.19. The summed E-state index contributed by atoms with van der Waals surface area (Å²) in [5.41, 5.74) is 0.859. The van der Waals surface area contributed by atoms with Crippen LogP contribution in [0.3, 0.4) is 0 Å². The zero-order chi connectivity index (χ0) is 15.2. The van der Waals surface area contributed by atoms with E-state index in [9.17, 15) is 0 Å². The third-order valence-corrected chi connectivity index (χ3v) is 4.29. The average Bonchev–Trinajstić information content (AvgIpc) is 3.00. The van der Waals surface area contributed by atoms with E-state index in [0.717, 1.165) is 40.0 Å². The number of hydrogen-bond donors (Lipinski definition) is 1. The number of aromatic nitrogens is 2. The largest absolute Gasteiger partial charge is 0.496 e. The van der Waals surface area contributed by atoms with Crippen LogP contribution in [0.15, 0.2) is 18.2 Å². The number of nitrogens with zero attached hydrogens (tertiary/aromatic N) is 2. The Hall–Kier alpha value is -1.66. The lowest BCUT2D eigenvalue weighted by Crippen LogP contribution is -2.19. The molecule has 1 N–H and O–H groups in total. The van der Waals surface area contributed by atoms with Gasteiger partial charge in [-0.15, -0.1) is 10.2 Å². The van der Waals surface area contributed by atoms with E-state index in [-0.39, 0.29) is 6.04 Å². The Morgan fingerprint density at radius 3 is 2.33 bits per heavy atom. The molecule has 1 unspecified atom stereocenters. The van der Waals surface area contributed by atoms with Crippen LogP contribution in [-0.2, 0) is 0 Å². The lowest BCUT2D eigenvalue weighted by molar-refractivity contribution is 0.397. The molecule has 0 aliphatic rings. The molecular formula is C15H21N3O2S. The number of benzene rings is 1. The molecule has 0 spiro atoms. The van der Waals surface area contributed by atoms with Gasteiger partial charge in [-0.25, -0.2) is 0 Å². The standard InChI is InChI=1S/C15H21N3O2S/c1-5-10(16-6-2)14-17-18-15(21-14)13-11(19-3)8-7-9-12(13)20-4/h7-10,16H,5-6H2,1-4H3. The highest BCUT2D eigenvalue weighted by Crippen LogP contribution is 2.40. The SMILES string of the molecule is CCNC(CC)c1nnc(-c2c(OC)cccc2OC)s1. The van der Waals surface area contributed by atoms with Crippen LogP contribution in [0.5, 0.6) is 11.5 Å². The van der Waals surface area contributed by atoms with Crippen LogP contribution < -0.4 is 14.8 Å². The minimum Gasteiger partial charge on any atom is -0.496 e. The molecule has 2 aromatic rings. The topological polar surface area (TPSA) is 56.3 Å². The van der Waals surface area contributed by atoms with Gasteiger partial charge in [-0.05, 0) is 25.1 Å². The molecule has 114 valence electrons. The first-order valence-electron chi connectivity index (χ1n) is 7.03. The van der Waals surface area contributed by atoms with Crippen molar-refractivity contribution in [2.24, 2.45) is 0 Å². The predicted molar refractivity (Wildman–Crippen MR) is 85.2 cm³/mol. The molecule has 0 aliphatic carbocycles. The van der Waals surface area contributed by atoms with Crippen LogP contribution in [0.2, 0.25) is 0 Å². The molecule has 21 heavy (non-hydrogen) atoms. The molecule has 2 rings (SSSR count). The quantitative estimate of drug-likeness (QED) is 0.850. The Morgan fingerprint density at radius 2 is 1.81 bits per heavy atom. The van der Waals surface area contributed by atoms with Crippen LogP contribution >= 0.6 is 11.3 Å². The Balaban J connectivity index is 2.41. The van der Waals surface area contributed by atoms with Gasteiger partial charge in [-0.3, -0.25) is 0 Å². The molecule has 0 amide bonds. The third kappa shape index (κ3) is 3.33. The summed E-state index contributed by atoms with van der Waals surface area (Å²) in [6.07, 6.45) is 0.978. The van der Waals surface area contributed by atoms with Gasteiger partial charge in [-0.2, -0.15) is 0 Å². The van der Waals surface area contributed by atoms with E-state index in [0.29, 0.717) is 0 Å². The maximum absolute atomic E-state index is 5.43. The molecule has 1 aromatic carbocycles. The van der Waals surface area contributed by atoms with Gasteiger partial charge in [0.15, 0.2) is 5.01 Å². The van der Waals surface area contributed by atoms with Crippen molar-refractivity contribution in [3.05, 3.63) is 23.2 Å². The van der Waals surface area contributed by atoms with Crippen LogP contribution in [0.4, 0.5) is 0 Å². The monoisotopic (exact) mass is 307 g/mol. The second kappa shape index (κ2) is 7.38. The third-order valence-electron chi connectivity index (χ3n) is 3.24. The second-order valence-electron chi connectivity index (χ2n) is 4.50. The van der Waals surface area contributed by atoms with Gasteiger partial charge in [0.25, 0.3) is 0 Å². The van der Waals surface area contributed by atoms with Crippen molar-refractivity contribution >= 4 is 11.3 Å². The molecular weight excluding hydrogens is 286 g/mol. The normalized spacial score (nSPS) is 12.2. The van der Waals surface area contributed by atoms with Crippen molar-refractivity contribution in [3.63, 3.8) is 0 Å². The summed E-state index contributed by atoms with van der Waals surface area (Å²) in [4.78, 5) is 0. The lowest BCUT2D eigenvalue weighted by Gasteiger charge is -2.11. The average molecular weight is 307 g/mol. The number of nitrogens with one attached hydrogen (secondary N) is 1. The number of hydrogen-bond acceptors (Lipinski definition) is 6. The first kappa shape index (κ1) is 15.7. The maximum Gasteiger partial charge on any atom is 0.155 e. The van der Waals surface area contributed by atoms with Crippen molar-refractivity contribution in [1.82, 2.24) is 15.5 Å². The van der Waals surface area contributed by atoms with Crippen LogP contribution in [0.25, 0.3) is 10.6 Å². The van der Waals surface area contributed by atoms with Gasteiger partial charge in [0.2, 0.25) is 0 Å². The number of rotatable bonds is 7. The van der Waals surface area contributed by atoms with E-state index >= 15 is 0 Å². The highest BCUT2D eigenvalue weighted by atomic mass is 32.1. The van der Waals surface area contributed by atoms with Gasteiger partial charge in [-0.1, -0.05) is 31.3 Å². The van der Waals surface area contributed by atoms with Gasteiger partial charge < -0.3 is 14.8 Å². The highest BCUT2D eigenvalue weighted by Gasteiger charge is 2.19. The van der Waals surface area contributed by atoms with Crippen LogP contribution in [0, 0.1) is 0 Å². The second-order valence-corrected chi connectivity index (χ2v) is 5.51. The molecule has 0 saturated carbocycles. The molecule has 1 aromatic heterocycles. The first-order valence-corrected chi connectivity index (χ1v) is 7.84.